The fourth-order valence-electron chi connectivity index (χ4n) is 2.15. The van der Waals surface area contributed by atoms with Gasteiger partial charge in [0.2, 0.25) is 0 Å². The van der Waals surface area contributed by atoms with E-state index in [2.05, 4.69) is 13.8 Å². The van der Waals surface area contributed by atoms with Gasteiger partial charge in [0.25, 0.3) is 10.9 Å². The maximum atomic E-state index is 11.6. The van der Waals surface area contributed by atoms with Gasteiger partial charge in [-0.15, -0.1) is 0 Å². The molecule has 0 aliphatic heterocycles. The van der Waals surface area contributed by atoms with Gasteiger partial charge in [-0.25, -0.2) is 0 Å². The maximum Gasteiger partial charge on any atom is 0.253 e. The van der Waals surface area contributed by atoms with E-state index in [4.69, 9.17) is 0 Å². The lowest BCUT2D eigenvalue weighted by molar-refractivity contribution is 0.538. The number of rotatable bonds is 7. The first kappa shape index (κ1) is 14.7. The highest BCUT2D eigenvalue weighted by Crippen LogP contribution is 2.21. The minimum atomic E-state index is -0.357. The van der Waals surface area contributed by atoms with Crippen LogP contribution in [-0.2, 0) is 0 Å². The standard InChI is InChI=1S/C14H24N2O2/c1-10(2)8-6-7-9-16(5)12-11(15(3)4)13(17)14(12)18/h10H,6-9H2,1-5H3. The highest BCUT2D eigenvalue weighted by molar-refractivity contribution is 5.75. The smallest absolute Gasteiger partial charge is 0.253 e. The monoisotopic (exact) mass is 252 g/mol. The summed E-state index contributed by atoms with van der Waals surface area (Å²) in [7, 11) is 5.48. The topological polar surface area (TPSA) is 40.6 Å². The molecular weight excluding hydrogens is 228 g/mol. The van der Waals surface area contributed by atoms with Gasteiger partial charge in [0, 0.05) is 27.7 Å². The van der Waals surface area contributed by atoms with Crippen molar-refractivity contribution in [2.45, 2.75) is 33.1 Å². The van der Waals surface area contributed by atoms with Crippen LogP contribution >= 0.6 is 0 Å². The summed E-state index contributed by atoms with van der Waals surface area (Å²) in [6.07, 6.45) is 3.43. The molecule has 0 saturated heterocycles. The molecule has 0 fully saturated rings. The quantitative estimate of drug-likeness (QED) is 0.546. The average molecular weight is 252 g/mol. The van der Waals surface area contributed by atoms with E-state index in [-0.39, 0.29) is 10.9 Å². The van der Waals surface area contributed by atoms with Crippen LogP contribution < -0.4 is 20.7 Å². The molecule has 0 heterocycles. The zero-order chi connectivity index (χ0) is 13.9. The van der Waals surface area contributed by atoms with Gasteiger partial charge in [0.15, 0.2) is 0 Å². The van der Waals surface area contributed by atoms with E-state index in [9.17, 15) is 9.59 Å². The van der Waals surface area contributed by atoms with Crippen LogP contribution in [0.3, 0.4) is 0 Å². The fraction of sp³-hybridized carbons (Fsp3) is 0.714. The summed E-state index contributed by atoms with van der Waals surface area (Å²) in [5, 5.41) is 0. The molecule has 0 radical (unpaired) electrons. The van der Waals surface area contributed by atoms with E-state index in [1.807, 2.05) is 11.9 Å². The Labute approximate surface area is 109 Å². The SMILES string of the molecule is CC(C)CCCCN(C)c1c(N(C)C)c(=O)c1=O. The minimum Gasteiger partial charge on any atom is -0.373 e. The van der Waals surface area contributed by atoms with Crippen molar-refractivity contribution < 1.29 is 0 Å². The fourth-order valence-corrected chi connectivity index (χ4v) is 2.15. The van der Waals surface area contributed by atoms with Gasteiger partial charge in [-0.2, -0.15) is 0 Å². The third kappa shape index (κ3) is 3.12. The van der Waals surface area contributed by atoms with Crippen LogP contribution in [-0.4, -0.2) is 27.7 Å². The second kappa shape index (κ2) is 6.03. The lowest BCUT2D eigenvalue weighted by atomic mass is 10.1. The third-order valence-electron chi connectivity index (χ3n) is 3.21. The van der Waals surface area contributed by atoms with Gasteiger partial charge in [0.05, 0.1) is 0 Å². The molecule has 0 saturated carbocycles. The number of unbranched alkanes of at least 4 members (excludes halogenated alkanes) is 1. The highest BCUT2D eigenvalue weighted by atomic mass is 16.2. The summed E-state index contributed by atoms with van der Waals surface area (Å²) in [6.45, 7) is 5.26. The second-order valence-corrected chi connectivity index (χ2v) is 5.56. The van der Waals surface area contributed by atoms with Crippen molar-refractivity contribution in [3.63, 3.8) is 0 Å². The summed E-state index contributed by atoms with van der Waals surface area (Å²) >= 11 is 0. The summed E-state index contributed by atoms with van der Waals surface area (Å²) < 4.78 is 0. The Bertz CT molecular complexity index is 456. The number of hydrogen-bond donors (Lipinski definition) is 0. The van der Waals surface area contributed by atoms with Crippen molar-refractivity contribution in [3.8, 4) is 0 Å². The van der Waals surface area contributed by atoms with E-state index in [0.717, 1.165) is 25.3 Å². The molecule has 0 amide bonds. The van der Waals surface area contributed by atoms with E-state index >= 15 is 0 Å². The number of hydrogen-bond acceptors (Lipinski definition) is 4. The molecular formula is C14H24N2O2. The van der Waals surface area contributed by atoms with Gasteiger partial charge in [-0.1, -0.05) is 26.7 Å². The molecule has 0 aliphatic rings. The van der Waals surface area contributed by atoms with Gasteiger partial charge in [-0.3, -0.25) is 9.59 Å². The molecule has 0 aliphatic carbocycles. The van der Waals surface area contributed by atoms with Crippen LogP contribution in [0.4, 0.5) is 11.4 Å². The number of anilines is 2. The number of nitrogens with zero attached hydrogens (tertiary/aromatic N) is 2. The molecule has 0 bridgehead atoms. The minimum absolute atomic E-state index is 0.343. The van der Waals surface area contributed by atoms with E-state index < -0.39 is 0 Å². The molecule has 102 valence electrons. The van der Waals surface area contributed by atoms with Crippen LogP contribution in [0, 0.1) is 5.92 Å². The zero-order valence-corrected chi connectivity index (χ0v) is 12.1. The Kier molecular flexibility index (Phi) is 4.93. The molecule has 1 aromatic rings. The molecule has 0 atom stereocenters. The van der Waals surface area contributed by atoms with Crippen molar-refractivity contribution in [2.24, 2.45) is 5.92 Å². The molecule has 4 nitrogen and oxygen atoms in total. The maximum absolute atomic E-state index is 11.6. The van der Waals surface area contributed by atoms with Gasteiger partial charge in [-0.05, 0) is 12.3 Å². The van der Waals surface area contributed by atoms with Crippen LogP contribution in [0.2, 0.25) is 0 Å². The lowest BCUT2D eigenvalue weighted by Crippen LogP contribution is -2.43. The van der Waals surface area contributed by atoms with Gasteiger partial charge < -0.3 is 9.80 Å². The first-order valence-corrected chi connectivity index (χ1v) is 6.58. The highest BCUT2D eigenvalue weighted by Gasteiger charge is 2.24. The Morgan fingerprint density at radius 3 is 2.00 bits per heavy atom. The first-order chi connectivity index (χ1) is 8.36. The molecule has 0 N–H and O–H groups in total. The van der Waals surface area contributed by atoms with E-state index in [0.29, 0.717) is 11.4 Å². The van der Waals surface area contributed by atoms with Crippen LogP contribution in [0.15, 0.2) is 9.59 Å². The zero-order valence-electron chi connectivity index (χ0n) is 12.1. The summed E-state index contributed by atoms with van der Waals surface area (Å²) in [5.74, 6) is 0.721. The molecule has 0 aromatic heterocycles. The van der Waals surface area contributed by atoms with Crippen molar-refractivity contribution in [3.05, 3.63) is 20.4 Å². The molecule has 1 rings (SSSR count). The van der Waals surface area contributed by atoms with Crippen molar-refractivity contribution in [1.29, 1.82) is 0 Å². The van der Waals surface area contributed by atoms with Crippen molar-refractivity contribution in [1.82, 2.24) is 0 Å². The van der Waals surface area contributed by atoms with Crippen LogP contribution in [0.25, 0.3) is 0 Å². The van der Waals surface area contributed by atoms with Crippen LogP contribution in [0.5, 0.6) is 0 Å². The summed E-state index contributed by atoms with van der Waals surface area (Å²) in [6, 6.07) is 0. The molecule has 1 aromatic carbocycles. The first-order valence-electron chi connectivity index (χ1n) is 6.58. The molecule has 18 heavy (non-hydrogen) atoms. The van der Waals surface area contributed by atoms with E-state index in [1.165, 1.54) is 6.42 Å². The van der Waals surface area contributed by atoms with Crippen molar-refractivity contribution >= 4 is 11.4 Å². The van der Waals surface area contributed by atoms with Gasteiger partial charge in [0.1, 0.15) is 11.4 Å². The van der Waals surface area contributed by atoms with Gasteiger partial charge >= 0.3 is 0 Å². The van der Waals surface area contributed by atoms with E-state index in [1.54, 1.807) is 19.0 Å². The Hall–Kier alpha value is -1.32. The molecule has 0 spiro atoms. The predicted octanol–water partition coefficient (Wildman–Crippen LogP) is 1.61. The average Bonchev–Trinajstić information content (AvgIpc) is 2.28. The largest absolute Gasteiger partial charge is 0.373 e. The molecule has 0 unspecified atom stereocenters. The Balaban J connectivity index is 2.57. The van der Waals surface area contributed by atoms with Crippen molar-refractivity contribution in [2.75, 3.05) is 37.5 Å². The summed E-state index contributed by atoms with van der Waals surface area (Å²) in [5.41, 5.74) is 0.426. The normalized spacial score (nSPS) is 11.2. The summed E-state index contributed by atoms with van der Waals surface area (Å²) in [4.78, 5) is 26.7. The molecule has 4 heteroatoms. The Morgan fingerprint density at radius 1 is 0.944 bits per heavy atom. The third-order valence-corrected chi connectivity index (χ3v) is 3.21. The Morgan fingerprint density at radius 2 is 1.50 bits per heavy atom. The second-order valence-electron chi connectivity index (χ2n) is 5.56. The lowest BCUT2D eigenvalue weighted by Gasteiger charge is -2.26. The van der Waals surface area contributed by atoms with Crippen LogP contribution in [0.1, 0.15) is 33.1 Å². The predicted molar refractivity (Wildman–Crippen MR) is 77.6 cm³/mol.